The van der Waals surface area contributed by atoms with Gasteiger partial charge >= 0.3 is 11.9 Å². The molecule has 1 amide bonds. The molecule has 1 N–H and O–H groups in total. The minimum atomic E-state index is -0.957. The Morgan fingerprint density at radius 1 is 1.11 bits per heavy atom. The van der Waals surface area contributed by atoms with Crippen LogP contribution in [0.1, 0.15) is 38.1 Å². The molecule has 1 fully saturated rings. The second-order valence-corrected chi connectivity index (χ2v) is 9.70. The number of amides is 1. The van der Waals surface area contributed by atoms with Gasteiger partial charge in [-0.25, -0.2) is 9.78 Å². The fraction of sp³-hybridized carbons (Fsp3) is 0.200. The molecule has 2 heterocycles. The lowest BCUT2D eigenvalue weighted by Gasteiger charge is -2.23. The van der Waals surface area contributed by atoms with Crippen LogP contribution in [0.15, 0.2) is 52.5 Å². The summed E-state index contributed by atoms with van der Waals surface area (Å²) in [6.07, 6.45) is 0. The number of halogens is 1. The molecule has 0 saturated carbocycles. The highest BCUT2D eigenvalue weighted by Crippen LogP contribution is 2.44. The molecule has 0 unspecified atom stereocenters. The van der Waals surface area contributed by atoms with Gasteiger partial charge in [0.1, 0.15) is 16.4 Å². The molecular formula is C25H21BrN2O6S. The van der Waals surface area contributed by atoms with E-state index >= 15 is 0 Å². The van der Waals surface area contributed by atoms with Crippen molar-refractivity contribution in [1.82, 2.24) is 4.98 Å². The molecule has 0 spiro atoms. The number of aryl methyl sites for hydroxylation is 2. The number of thiazole rings is 1. The molecule has 1 aliphatic heterocycles. The number of carbonyl (C=O) groups excluding carboxylic acids is 3. The molecule has 2 aromatic carbocycles. The molecule has 35 heavy (non-hydrogen) atoms. The highest BCUT2D eigenvalue weighted by molar-refractivity contribution is 9.10. The number of ether oxygens (including phenoxy) is 2. The van der Waals surface area contributed by atoms with E-state index in [-0.39, 0.29) is 21.3 Å². The summed E-state index contributed by atoms with van der Waals surface area (Å²) < 4.78 is 10.9. The van der Waals surface area contributed by atoms with Crippen LogP contribution in [0.3, 0.4) is 0 Å². The van der Waals surface area contributed by atoms with E-state index in [0.29, 0.717) is 22.6 Å². The van der Waals surface area contributed by atoms with Gasteiger partial charge in [-0.05, 0) is 55.3 Å². The van der Waals surface area contributed by atoms with Crippen molar-refractivity contribution in [3.05, 3.63) is 79.8 Å². The van der Waals surface area contributed by atoms with Crippen molar-refractivity contribution in [2.24, 2.45) is 0 Å². The number of Topliss-reactive ketones (excluding diaryl/α,β-unsaturated/α-hetero) is 1. The summed E-state index contributed by atoms with van der Waals surface area (Å²) in [5.41, 5.74) is 2.01. The maximum Gasteiger partial charge on any atom is 0.350 e. The van der Waals surface area contributed by atoms with Crippen LogP contribution >= 0.6 is 27.3 Å². The van der Waals surface area contributed by atoms with Gasteiger partial charge in [0, 0.05) is 10.0 Å². The molecule has 1 atom stereocenters. The fourth-order valence-corrected chi connectivity index (χ4v) is 5.21. The number of hydrogen-bond donors (Lipinski definition) is 1. The normalized spacial score (nSPS) is 17.1. The lowest BCUT2D eigenvalue weighted by molar-refractivity contribution is -0.132. The molecule has 1 aliphatic rings. The van der Waals surface area contributed by atoms with Crippen LogP contribution in [0.2, 0.25) is 0 Å². The van der Waals surface area contributed by atoms with Crippen molar-refractivity contribution in [2.75, 3.05) is 19.1 Å². The first-order valence-electron chi connectivity index (χ1n) is 10.4. The molecule has 8 nitrogen and oxygen atoms in total. The van der Waals surface area contributed by atoms with Gasteiger partial charge in [0.25, 0.3) is 5.78 Å². The molecule has 10 heteroatoms. The molecule has 4 rings (SSSR count). The average Bonchev–Trinajstić information content (AvgIpc) is 3.35. The number of anilines is 1. The third kappa shape index (κ3) is 4.35. The average molecular weight is 557 g/mol. The van der Waals surface area contributed by atoms with Gasteiger partial charge in [0.15, 0.2) is 5.13 Å². The van der Waals surface area contributed by atoms with Crippen LogP contribution in [-0.4, -0.2) is 42.0 Å². The number of aliphatic hydroxyl groups excluding tert-OH is 1. The minimum absolute atomic E-state index is 0.0747. The number of esters is 1. The molecule has 0 bridgehead atoms. The standard InChI is InChI=1S/C25H21BrN2O6S/c1-12-11-15(7-10-17(12)33-3)20(29)18-19(14-5-8-16(26)9-6-14)28(23(31)21(18)30)25-27-13(2)22(35-25)24(32)34-4/h5-11,19,29H,1-4H3/t19-/m0/s1. The largest absolute Gasteiger partial charge is 0.507 e. The zero-order chi connectivity index (χ0) is 25.4. The molecule has 1 aromatic heterocycles. The Labute approximate surface area is 213 Å². The highest BCUT2D eigenvalue weighted by atomic mass is 79.9. The quantitative estimate of drug-likeness (QED) is 0.205. The third-order valence-electron chi connectivity index (χ3n) is 5.66. The van der Waals surface area contributed by atoms with E-state index in [0.717, 1.165) is 21.4 Å². The van der Waals surface area contributed by atoms with Gasteiger partial charge in [-0.2, -0.15) is 0 Å². The first-order chi connectivity index (χ1) is 16.7. The Balaban J connectivity index is 1.93. The topological polar surface area (TPSA) is 106 Å². The maximum absolute atomic E-state index is 13.3. The number of methoxy groups -OCH3 is 2. The molecule has 0 aliphatic carbocycles. The molecule has 180 valence electrons. The van der Waals surface area contributed by atoms with Crippen LogP contribution in [0.4, 0.5) is 5.13 Å². The van der Waals surface area contributed by atoms with Gasteiger partial charge < -0.3 is 14.6 Å². The molecule has 0 radical (unpaired) electrons. The van der Waals surface area contributed by atoms with Crippen LogP contribution < -0.4 is 9.64 Å². The van der Waals surface area contributed by atoms with Crippen molar-refractivity contribution in [3.8, 4) is 5.75 Å². The number of aromatic nitrogens is 1. The molecular weight excluding hydrogens is 536 g/mol. The Morgan fingerprint density at radius 3 is 2.40 bits per heavy atom. The monoisotopic (exact) mass is 556 g/mol. The SMILES string of the molecule is COC(=O)c1sc(N2C(=O)C(=O)C(=C(O)c3ccc(OC)c(C)c3)[C@@H]2c2ccc(Br)cc2)nc1C. The number of hydrogen-bond acceptors (Lipinski definition) is 8. The minimum Gasteiger partial charge on any atom is -0.507 e. The van der Waals surface area contributed by atoms with Gasteiger partial charge in [-0.3, -0.25) is 14.5 Å². The lowest BCUT2D eigenvalue weighted by Crippen LogP contribution is -2.29. The Kier molecular flexibility index (Phi) is 6.77. The van der Waals surface area contributed by atoms with Gasteiger partial charge in [0.05, 0.1) is 31.5 Å². The summed E-state index contributed by atoms with van der Waals surface area (Å²) >= 11 is 4.35. The van der Waals surface area contributed by atoms with E-state index in [4.69, 9.17) is 9.47 Å². The first kappa shape index (κ1) is 24.6. The first-order valence-corrected chi connectivity index (χ1v) is 12.1. The van der Waals surface area contributed by atoms with Crippen molar-refractivity contribution in [3.63, 3.8) is 0 Å². The van der Waals surface area contributed by atoms with Crippen LogP contribution in [-0.2, 0) is 14.3 Å². The molecule has 3 aromatic rings. The van der Waals surface area contributed by atoms with E-state index in [1.807, 2.05) is 6.92 Å². The van der Waals surface area contributed by atoms with Gasteiger partial charge in [0.2, 0.25) is 0 Å². The number of benzene rings is 2. The maximum atomic E-state index is 13.3. The predicted molar refractivity (Wildman–Crippen MR) is 135 cm³/mol. The van der Waals surface area contributed by atoms with E-state index < -0.39 is 23.7 Å². The fourth-order valence-electron chi connectivity index (χ4n) is 3.94. The van der Waals surface area contributed by atoms with E-state index in [2.05, 4.69) is 20.9 Å². The summed E-state index contributed by atoms with van der Waals surface area (Å²) in [5, 5.41) is 11.4. The number of nitrogens with zero attached hydrogens (tertiary/aromatic N) is 2. The van der Waals surface area contributed by atoms with Crippen molar-refractivity contribution in [2.45, 2.75) is 19.9 Å². The van der Waals surface area contributed by atoms with Crippen LogP contribution in [0.25, 0.3) is 5.76 Å². The summed E-state index contributed by atoms with van der Waals surface area (Å²) in [6.45, 7) is 3.44. The highest BCUT2D eigenvalue weighted by Gasteiger charge is 2.48. The third-order valence-corrected chi connectivity index (χ3v) is 7.33. The van der Waals surface area contributed by atoms with Gasteiger partial charge in [-0.1, -0.05) is 39.4 Å². The Hall–Kier alpha value is -3.50. The second kappa shape index (κ2) is 9.63. The van der Waals surface area contributed by atoms with E-state index in [1.54, 1.807) is 56.5 Å². The van der Waals surface area contributed by atoms with E-state index in [1.165, 1.54) is 12.0 Å². The van der Waals surface area contributed by atoms with Crippen molar-refractivity contribution in [1.29, 1.82) is 0 Å². The Morgan fingerprint density at radius 2 is 1.80 bits per heavy atom. The van der Waals surface area contributed by atoms with Crippen molar-refractivity contribution >= 4 is 55.8 Å². The smallest absolute Gasteiger partial charge is 0.350 e. The van der Waals surface area contributed by atoms with Crippen LogP contribution in [0.5, 0.6) is 5.75 Å². The Bertz CT molecular complexity index is 1380. The second-order valence-electron chi connectivity index (χ2n) is 7.81. The zero-order valence-electron chi connectivity index (χ0n) is 19.3. The summed E-state index contributed by atoms with van der Waals surface area (Å²) in [4.78, 5) is 44.6. The summed E-state index contributed by atoms with van der Waals surface area (Å²) in [5.74, 6) is -1.98. The lowest BCUT2D eigenvalue weighted by atomic mass is 9.95. The zero-order valence-corrected chi connectivity index (χ0v) is 21.7. The van der Waals surface area contributed by atoms with Crippen LogP contribution in [0, 0.1) is 13.8 Å². The van der Waals surface area contributed by atoms with E-state index in [9.17, 15) is 19.5 Å². The number of rotatable bonds is 5. The number of carbonyl (C=O) groups is 3. The summed E-state index contributed by atoms with van der Waals surface area (Å²) in [7, 11) is 2.80. The predicted octanol–water partition coefficient (Wildman–Crippen LogP) is 4.94. The summed E-state index contributed by atoms with van der Waals surface area (Å²) in [6, 6.07) is 11.1. The number of aliphatic hydroxyl groups is 1. The molecule has 1 saturated heterocycles. The van der Waals surface area contributed by atoms with Crippen molar-refractivity contribution < 1.29 is 29.0 Å². The number of ketones is 1. The van der Waals surface area contributed by atoms with Gasteiger partial charge in [-0.15, -0.1) is 0 Å².